The maximum absolute atomic E-state index is 13.1. The lowest BCUT2D eigenvalue weighted by molar-refractivity contribution is -0.134. The molecule has 7 nitrogen and oxygen atoms in total. The van der Waals surface area contributed by atoms with Crippen LogP contribution >= 0.6 is 0 Å². The summed E-state index contributed by atoms with van der Waals surface area (Å²) in [6, 6.07) is 20.0. The van der Waals surface area contributed by atoms with E-state index in [1.165, 1.54) is 10.6 Å². The van der Waals surface area contributed by atoms with Gasteiger partial charge in [-0.05, 0) is 17.5 Å². The van der Waals surface area contributed by atoms with E-state index in [9.17, 15) is 18.3 Å². The van der Waals surface area contributed by atoms with E-state index < -0.39 is 10.0 Å². The number of rotatable bonds is 9. The lowest BCUT2D eigenvalue weighted by Gasteiger charge is -2.37. The lowest BCUT2D eigenvalue weighted by Crippen LogP contribution is -2.52. The molecular weight excluding hydrogens is 414 g/mol. The second-order valence-corrected chi connectivity index (χ2v) is 9.80. The van der Waals surface area contributed by atoms with Crippen LogP contribution in [0.3, 0.4) is 0 Å². The van der Waals surface area contributed by atoms with E-state index >= 15 is 0 Å². The topological polar surface area (TPSA) is 81.2 Å². The third kappa shape index (κ3) is 6.36. The second kappa shape index (κ2) is 10.9. The van der Waals surface area contributed by atoms with Crippen LogP contribution in [0.25, 0.3) is 0 Å². The number of nitrogens with zero attached hydrogens (tertiary/aromatic N) is 3. The number of carbonyl (C=O) groups excluding carboxylic acids is 1. The van der Waals surface area contributed by atoms with Crippen LogP contribution in [0.15, 0.2) is 60.7 Å². The van der Waals surface area contributed by atoms with Crippen LogP contribution in [-0.4, -0.2) is 85.7 Å². The van der Waals surface area contributed by atoms with Crippen LogP contribution in [0, 0.1) is 0 Å². The molecule has 1 aliphatic heterocycles. The number of aliphatic hydroxyl groups excluding tert-OH is 1. The SMILES string of the molecule is CS(=O)(=O)N1CCN(C(=O)CN(CCCO)C(c2ccccc2)c2ccccc2)CC1. The highest BCUT2D eigenvalue weighted by Gasteiger charge is 2.29. The van der Waals surface area contributed by atoms with Gasteiger partial charge in [0.05, 0.1) is 18.8 Å². The molecule has 0 aliphatic carbocycles. The molecular formula is C23H31N3O4S. The van der Waals surface area contributed by atoms with Gasteiger partial charge < -0.3 is 10.0 Å². The van der Waals surface area contributed by atoms with E-state index in [1.807, 2.05) is 36.4 Å². The van der Waals surface area contributed by atoms with Crippen LogP contribution in [0.4, 0.5) is 0 Å². The molecule has 1 amide bonds. The van der Waals surface area contributed by atoms with Crippen molar-refractivity contribution in [2.75, 3.05) is 52.1 Å². The molecule has 8 heteroatoms. The average molecular weight is 446 g/mol. The molecule has 0 atom stereocenters. The summed E-state index contributed by atoms with van der Waals surface area (Å²) in [6.45, 7) is 2.24. The number of piperazine rings is 1. The number of amides is 1. The van der Waals surface area contributed by atoms with Crippen LogP contribution < -0.4 is 0 Å². The van der Waals surface area contributed by atoms with Gasteiger partial charge >= 0.3 is 0 Å². The first kappa shape index (κ1) is 23.4. The predicted molar refractivity (Wildman–Crippen MR) is 121 cm³/mol. The summed E-state index contributed by atoms with van der Waals surface area (Å²) in [5, 5.41) is 9.44. The standard InChI is InChI=1S/C23H31N3O4S/c1-31(29,30)26-16-14-24(15-17-26)22(28)19-25(13-8-18-27)23(20-9-4-2-5-10-20)21-11-6-3-7-12-21/h2-7,9-12,23,27H,8,13-19H2,1H3. The van der Waals surface area contributed by atoms with E-state index in [0.29, 0.717) is 39.1 Å². The number of sulfonamides is 1. The Bertz CT molecular complexity index is 890. The lowest BCUT2D eigenvalue weighted by atomic mass is 9.96. The van der Waals surface area contributed by atoms with Crippen LogP contribution in [0.2, 0.25) is 0 Å². The molecule has 1 aliphatic rings. The van der Waals surface area contributed by atoms with Crippen molar-refractivity contribution in [3.63, 3.8) is 0 Å². The van der Waals surface area contributed by atoms with Gasteiger partial charge in [-0.25, -0.2) is 8.42 Å². The first-order chi connectivity index (χ1) is 14.9. The highest BCUT2D eigenvalue weighted by Crippen LogP contribution is 2.29. The quantitative estimate of drug-likeness (QED) is 0.634. The van der Waals surface area contributed by atoms with Crippen molar-refractivity contribution in [2.24, 2.45) is 0 Å². The van der Waals surface area contributed by atoms with Gasteiger partial charge in [0.2, 0.25) is 15.9 Å². The minimum atomic E-state index is -3.24. The maximum atomic E-state index is 13.1. The molecule has 1 saturated heterocycles. The third-order valence-electron chi connectivity index (χ3n) is 5.60. The molecule has 168 valence electrons. The van der Waals surface area contributed by atoms with Crippen molar-refractivity contribution < 1.29 is 18.3 Å². The Morgan fingerprint density at radius 1 is 0.968 bits per heavy atom. The Labute approximate surface area is 184 Å². The van der Waals surface area contributed by atoms with Gasteiger partial charge in [0.25, 0.3) is 0 Å². The fraction of sp³-hybridized carbons (Fsp3) is 0.435. The first-order valence-electron chi connectivity index (χ1n) is 10.6. The minimum absolute atomic E-state index is 0.0250. The van der Waals surface area contributed by atoms with E-state index in [-0.39, 0.29) is 25.1 Å². The first-order valence-corrected chi connectivity index (χ1v) is 12.4. The van der Waals surface area contributed by atoms with Crippen molar-refractivity contribution >= 4 is 15.9 Å². The van der Waals surface area contributed by atoms with Crippen LogP contribution in [0.1, 0.15) is 23.6 Å². The van der Waals surface area contributed by atoms with Crippen molar-refractivity contribution in [3.8, 4) is 0 Å². The minimum Gasteiger partial charge on any atom is -0.396 e. The highest BCUT2D eigenvalue weighted by atomic mass is 32.2. The molecule has 0 spiro atoms. The Morgan fingerprint density at radius 2 is 1.48 bits per heavy atom. The van der Waals surface area contributed by atoms with Crippen molar-refractivity contribution in [3.05, 3.63) is 71.8 Å². The molecule has 0 saturated carbocycles. The molecule has 31 heavy (non-hydrogen) atoms. The molecule has 0 bridgehead atoms. The average Bonchev–Trinajstić information content (AvgIpc) is 2.78. The van der Waals surface area contributed by atoms with Gasteiger partial charge in [-0.3, -0.25) is 9.69 Å². The Morgan fingerprint density at radius 3 is 1.94 bits per heavy atom. The maximum Gasteiger partial charge on any atom is 0.236 e. The zero-order valence-electron chi connectivity index (χ0n) is 17.9. The number of hydrogen-bond donors (Lipinski definition) is 1. The molecule has 1 heterocycles. The summed E-state index contributed by atoms with van der Waals surface area (Å²) in [5.41, 5.74) is 2.17. The Balaban J connectivity index is 1.80. The van der Waals surface area contributed by atoms with Crippen molar-refractivity contribution in [1.82, 2.24) is 14.1 Å². The van der Waals surface area contributed by atoms with Crippen LogP contribution in [-0.2, 0) is 14.8 Å². The fourth-order valence-electron chi connectivity index (χ4n) is 4.00. The predicted octanol–water partition coefficient (Wildman–Crippen LogP) is 1.56. The summed E-state index contributed by atoms with van der Waals surface area (Å²) >= 11 is 0. The fourth-order valence-corrected chi connectivity index (χ4v) is 4.83. The molecule has 0 radical (unpaired) electrons. The summed E-state index contributed by atoms with van der Waals surface area (Å²) < 4.78 is 24.9. The highest BCUT2D eigenvalue weighted by molar-refractivity contribution is 7.88. The van der Waals surface area contributed by atoms with Gasteiger partial charge in [-0.2, -0.15) is 4.31 Å². The normalized spacial score (nSPS) is 15.5. The molecule has 2 aromatic rings. The van der Waals surface area contributed by atoms with Gasteiger partial charge in [-0.1, -0.05) is 60.7 Å². The second-order valence-electron chi connectivity index (χ2n) is 7.81. The summed E-state index contributed by atoms with van der Waals surface area (Å²) in [4.78, 5) is 17.0. The monoisotopic (exact) mass is 445 g/mol. The van der Waals surface area contributed by atoms with Gasteiger partial charge in [0.1, 0.15) is 0 Å². The third-order valence-corrected chi connectivity index (χ3v) is 6.90. The van der Waals surface area contributed by atoms with Crippen LogP contribution in [0.5, 0.6) is 0 Å². The molecule has 0 aromatic heterocycles. The largest absolute Gasteiger partial charge is 0.396 e. The zero-order valence-corrected chi connectivity index (χ0v) is 18.7. The zero-order chi connectivity index (χ0) is 22.3. The molecule has 1 fully saturated rings. The molecule has 0 unspecified atom stereocenters. The smallest absolute Gasteiger partial charge is 0.236 e. The number of hydrogen-bond acceptors (Lipinski definition) is 5. The van der Waals surface area contributed by atoms with E-state index in [0.717, 1.165) is 11.1 Å². The van der Waals surface area contributed by atoms with Gasteiger partial charge in [-0.15, -0.1) is 0 Å². The molecule has 2 aromatic carbocycles. The Hall–Kier alpha value is -2.26. The number of carbonyl (C=O) groups is 1. The van der Waals surface area contributed by atoms with Crippen molar-refractivity contribution in [2.45, 2.75) is 12.5 Å². The number of benzene rings is 2. The van der Waals surface area contributed by atoms with Gasteiger partial charge in [0, 0.05) is 39.3 Å². The summed E-state index contributed by atoms with van der Waals surface area (Å²) in [6.07, 6.45) is 1.76. The van der Waals surface area contributed by atoms with E-state index in [2.05, 4.69) is 29.2 Å². The van der Waals surface area contributed by atoms with Gasteiger partial charge in [0.15, 0.2) is 0 Å². The molecule has 3 rings (SSSR count). The number of aliphatic hydroxyl groups is 1. The summed E-state index contributed by atoms with van der Waals surface area (Å²) in [5.74, 6) is -0.0250. The summed E-state index contributed by atoms with van der Waals surface area (Å²) in [7, 11) is -3.24. The van der Waals surface area contributed by atoms with E-state index in [1.54, 1.807) is 4.90 Å². The Kier molecular flexibility index (Phi) is 8.20. The molecule has 1 N–H and O–H groups in total. The van der Waals surface area contributed by atoms with Crippen molar-refractivity contribution in [1.29, 1.82) is 0 Å². The van der Waals surface area contributed by atoms with E-state index in [4.69, 9.17) is 0 Å².